The number of hydrogen-bond donors (Lipinski definition) is 1. The molecule has 0 fully saturated rings. The van der Waals surface area contributed by atoms with Crippen molar-refractivity contribution >= 4 is 20.0 Å². The zero-order valence-corrected chi connectivity index (χ0v) is 27.5. The standard InChI is InChI=1S/C35H40O7S2/c1-6-8-27-24-29(35(3,4)28-11-10-25(2)26(23-28)9-7-22-43(36,37)38)12-21-34(27)42-31-15-19-33(20-16-31)44(39,40)32-17-13-30(41-5)14-18-32/h10-21,23-24H,6-9,22H2,1-5H3,(H,36,37,38). The summed E-state index contributed by atoms with van der Waals surface area (Å²) in [5.74, 6) is 1.58. The van der Waals surface area contributed by atoms with Crippen LogP contribution in [0.15, 0.2) is 94.7 Å². The maximum absolute atomic E-state index is 13.1. The van der Waals surface area contributed by atoms with E-state index in [1.807, 2.05) is 13.0 Å². The SMILES string of the molecule is CCCc1cc(C(C)(C)c2ccc(C)c(CCCS(=O)(=O)O)c2)ccc1Oc1ccc(S(=O)(=O)c2ccc(OC)cc2)cc1. The molecule has 0 aliphatic rings. The maximum atomic E-state index is 13.1. The second-order valence-corrected chi connectivity index (χ2v) is 15.0. The van der Waals surface area contributed by atoms with Gasteiger partial charge in [0.25, 0.3) is 10.1 Å². The van der Waals surface area contributed by atoms with Gasteiger partial charge in [-0.25, -0.2) is 8.42 Å². The minimum Gasteiger partial charge on any atom is -0.497 e. The Kier molecular flexibility index (Phi) is 10.2. The molecule has 0 saturated heterocycles. The summed E-state index contributed by atoms with van der Waals surface area (Å²) in [6.45, 7) is 8.44. The maximum Gasteiger partial charge on any atom is 0.264 e. The highest BCUT2D eigenvalue weighted by molar-refractivity contribution is 7.91. The van der Waals surface area contributed by atoms with E-state index in [2.05, 4.69) is 51.1 Å². The number of aryl methyl sites for hydroxylation is 3. The Morgan fingerprint density at radius 1 is 0.727 bits per heavy atom. The van der Waals surface area contributed by atoms with Gasteiger partial charge in [-0.2, -0.15) is 8.42 Å². The molecule has 4 rings (SSSR count). The molecule has 0 bridgehead atoms. The summed E-state index contributed by atoms with van der Waals surface area (Å²) in [6, 6.07) is 25.2. The third-order valence-electron chi connectivity index (χ3n) is 7.95. The largest absolute Gasteiger partial charge is 0.497 e. The van der Waals surface area contributed by atoms with Gasteiger partial charge in [-0.1, -0.05) is 57.5 Å². The molecule has 0 radical (unpaired) electrons. The Hall–Kier alpha value is -3.66. The van der Waals surface area contributed by atoms with Gasteiger partial charge < -0.3 is 9.47 Å². The molecule has 0 aliphatic heterocycles. The summed E-state index contributed by atoms with van der Waals surface area (Å²) in [4.78, 5) is 0.366. The van der Waals surface area contributed by atoms with Gasteiger partial charge >= 0.3 is 0 Å². The van der Waals surface area contributed by atoms with Crippen LogP contribution in [0, 0.1) is 6.92 Å². The minimum absolute atomic E-state index is 0.177. The van der Waals surface area contributed by atoms with E-state index in [9.17, 15) is 16.8 Å². The Balaban J connectivity index is 1.56. The second-order valence-electron chi connectivity index (χ2n) is 11.5. The third-order valence-corrected chi connectivity index (χ3v) is 10.5. The van der Waals surface area contributed by atoms with E-state index in [1.54, 1.807) is 36.4 Å². The van der Waals surface area contributed by atoms with Crippen molar-refractivity contribution < 1.29 is 30.9 Å². The topological polar surface area (TPSA) is 107 Å². The molecule has 0 heterocycles. The first-order valence-corrected chi connectivity index (χ1v) is 17.7. The van der Waals surface area contributed by atoms with E-state index in [0.717, 1.165) is 40.7 Å². The van der Waals surface area contributed by atoms with Crippen molar-refractivity contribution in [3.63, 3.8) is 0 Å². The number of rotatable bonds is 13. The fraction of sp³-hybridized carbons (Fsp3) is 0.314. The lowest BCUT2D eigenvalue weighted by atomic mass is 9.76. The van der Waals surface area contributed by atoms with Gasteiger partial charge in [-0.15, -0.1) is 0 Å². The molecule has 7 nitrogen and oxygen atoms in total. The van der Waals surface area contributed by atoms with Crippen LogP contribution in [-0.2, 0) is 38.2 Å². The number of sulfone groups is 1. The van der Waals surface area contributed by atoms with Crippen molar-refractivity contribution in [3.8, 4) is 17.2 Å². The van der Waals surface area contributed by atoms with Gasteiger partial charge in [-0.05, 0) is 109 Å². The van der Waals surface area contributed by atoms with Crippen molar-refractivity contribution in [1.82, 2.24) is 0 Å². The molecule has 0 unspecified atom stereocenters. The van der Waals surface area contributed by atoms with E-state index in [0.29, 0.717) is 30.1 Å². The van der Waals surface area contributed by atoms with Crippen LogP contribution in [0.25, 0.3) is 0 Å². The van der Waals surface area contributed by atoms with Crippen LogP contribution in [0.5, 0.6) is 17.2 Å². The van der Waals surface area contributed by atoms with Gasteiger partial charge in [0, 0.05) is 5.41 Å². The molecule has 234 valence electrons. The molecule has 44 heavy (non-hydrogen) atoms. The fourth-order valence-corrected chi connectivity index (χ4v) is 6.95. The van der Waals surface area contributed by atoms with E-state index in [-0.39, 0.29) is 21.0 Å². The van der Waals surface area contributed by atoms with Crippen LogP contribution < -0.4 is 9.47 Å². The highest BCUT2D eigenvalue weighted by Gasteiger charge is 2.25. The summed E-state index contributed by atoms with van der Waals surface area (Å²) < 4.78 is 69.1. The Morgan fingerprint density at radius 3 is 1.82 bits per heavy atom. The van der Waals surface area contributed by atoms with Crippen molar-refractivity contribution in [2.75, 3.05) is 12.9 Å². The smallest absolute Gasteiger partial charge is 0.264 e. The minimum atomic E-state index is -3.99. The number of benzene rings is 4. The van der Waals surface area contributed by atoms with Crippen molar-refractivity contribution in [2.24, 2.45) is 0 Å². The first-order chi connectivity index (χ1) is 20.7. The van der Waals surface area contributed by atoms with Gasteiger partial charge in [0.1, 0.15) is 17.2 Å². The van der Waals surface area contributed by atoms with E-state index in [4.69, 9.17) is 14.0 Å². The van der Waals surface area contributed by atoms with E-state index in [1.165, 1.54) is 19.2 Å². The number of methoxy groups -OCH3 is 1. The predicted octanol–water partition coefficient (Wildman–Crippen LogP) is 7.73. The van der Waals surface area contributed by atoms with Gasteiger partial charge in [0.15, 0.2) is 0 Å². The molecule has 0 aliphatic carbocycles. The van der Waals surface area contributed by atoms with Crippen LogP contribution in [0.3, 0.4) is 0 Å². The monoisotopic (exact) mass is 636 g/mol. The van der Waals surface area contributed by atoms with Crippen LogP contribution in [0.1, 0.15) is 61.4 Å². The van der Waals surface area contributed by atoms with E-state index >= 15 is 0 Å². The highest BCUT2D eigenvalue weighted by Crippen LogP contribution is 2.37. The fourth-order valence-electron chi connectivity index (χ4n) is 5.18. The lowest BCUT2D eigenvalue weighted by molar-refractivity contribution is 0.414. The van der Waals surface area contributed by atoms with Crippen molar-refractivity contribution in [3.05, 3.63) is 113 Å². The first kappa shape index (κ1) is 33.2. The molecule has 0 aromatic heterocycles. The summed E-state index contributed by atoms with van der Waals surface area (Å²) in [5.41, 5.74) is 5.07. The zero-order chi connectivity index (χ0) is 32.1. The molecule has 0 saturated carbocycles. The number of hydrogen-bond acceptors (Lipinski definition) is 6. The zero-order valence-electron chi connectivity index (χ0n) is 25.8. The molecular weight excluding hydrogens is 597 g/mol. The predicted molar refractivity (Wildman–Crippen MR) is 173 cm³/mol. The average molecular weight is 637 g/mol. The summed E-state index contributed by atoms with van der Waals surface area (Å²) in [6.07, 6.45) is 2.63. The first-order valence-electron chi connectivity index (χ1n) is 14.6. The van der Waals surface area contributed by atoms with Crippen LogP contribution >= 0.6 is 0 Å². The van der Waals surface area contributed by atoms with Crippen LogP contribution in [-0.4, -0.2) is 34.3 Å². The van der Waals surface area contributed by atoms with Crippen molar-refractivity contribution in [2.45, 2.75) is 68.6 Å². The third kappa shape index (κ3) is 7.88. The molecule has 4 aromatic rings. The molecule has 0 spiro atoms. The molecule has 0 amide bonds. The average Bonchev–Trinajstić information content (AvgIpc) is 2.98. The highest BCUT2D eigenvalue weighted by atomic mass is 32.2. The van der Waals surface area contributed by atoms with Gasteiger partial charge in [-0.3, -0.25) is 4.55 Å². The van der Waals surface area contributed by atoms with Gasteiger partial charge in [0.2, 0.25) is 9.84 Å². The Morgan fingerprint density at radius 2 is 1.27 bits per heavy atom. The summed E-state index contributed by atoms with van der Waals surface area (Å²) in [7, 11) is -6.14. The van der Waals surface area contributed by atoms with Crippen molar-refractivity contribution in [1.29, 1.82) is 0 Å². The Bertz CT molecular complexity index is 1810. The molecular formula is C35H40O7S2. The molecule has 0 atom stereocenters. The lowest BCUT2D eigenvalue weighted by Gasteiger charge is -2.28. The summed E-state index contributed by atoms with van der Waals surface area (Å²) in [5, 5.41) is 0. The lowest BCUT2D eigenvalue weighted by Crippen LogP contribution is -2.20. The second kappa shape index (κ2) is 13.5. The molecule has 1 N–H and O–H groups in total. The quantitative estimate of drug-likeness (QED) is 0.150. The van der Waals surface area contributed by atoms with Crippen LogP contribution in [0.4, 0.5) is 0 Å². The Labute approximate surface area is 261 Å². The van der Waals surface area contributed by atoms with Crippen LogP contribution in [0.2, 0.25) is 0 Å². The van der Waals surface area contributed by atoms with Gasteiger partial charge in [0.05, 0.1) is 22.7 Å². The van der Waals surface area contributed by atoms with E-state index < -0.39 is 20.0 Å². The summed E-state index contributed by atoms with van der Waals surface area (Å²) >= 11 is 0. The molecule has 9 heteroatoms. The molecule has 4 aromatic carbocycles. The normalized spacial score (nSPS) is 12.2. The number of ether oxygens (including phenoxy) is 2.